The Hall–Kier alpha value is -2.11. The third kappa shape index (κ3) is 2.99. The van der Waals surface area contributed by atoms with E-state index < -0.39 is 0 Å². The van der Waals surface area contributed by atoms with Gasteiger partial charge in [0.2, 0.25) is 0 Å². The summed E-state index contributed by atoms with van der Waals surface area (Å²) < 4.78 is 10.4. The maximum absolute atomic E-state index is 6.30. The van der Waals surface area contributed by atoms with E-state index in [1.165, 1.54) is 0 Å². The number of benzene rings is 1. The third-order valence-corrected chi connectivity index (χ3v) is 3.27. The summed E-state index contributed by atoms with van der Waals surface area (Å²) in [5.74, 6) is 0. The summed E-state index contributed by atoms with van der Waals surface area (Å²) in [5.41, 5.74) is 2.98. The Balaban J connectivity index is 1.95. The first kappa shape index (κ1) is 13.9. The molecule has 108 valence electrons. The van der Waals surface area contributed by atoms with Crippen LogP contribution in [-0.4, -0.2) is 35.3 Å². The predicted molar refractivity (Wildman–Crippen MR) is 81.7 cm³/mol. The molecular formula is C15H14ClN3O2. The minimum Gasteiger partial charge on any atom is -0.462 e. The number of halogens is 1. The second kappa shape index (κ2) is 6.11. The van der Waals surface area contributed by atoms with Crippen LogP contribution in [0.4, 0.5) is 0 Å². The number of ether oxygens (including phenoxy) is 2. The van der Waals surface area contributed by atoms with Gasteiger partial charge in [-0.2, -0.15) is 4.98 Å². The molecule has 0 aliphatic heterocycles. The minimum atomic E-state index is 0.413. The van der Waals surface area contributed by atoms with Crippen LogP contribution in [0.25, 0.3) is 22.4 Å². The molecule has 0 amide bonds. The van der Waals surface area contributed by atoms with E-state index in [9.17, 15) is 0 Å². The lowest BCUT2D eigenvalue weighted by atomic mass is 10.1. The van der Waals surface area contributed by atoms with Crippen molar-refractivity contribution in [2.24, 2.45) is 0 Å². The fraction of sp³-hybridized carbons (Fsp3) is 0.200. The van der Waals surface area contributed by atoms with Crippen molar-refractivity contribution >= 4 is 22.8 Å². The summed E-state index contributed by atoms with van der Waals surface area (Å²) in [7, 11) is 1.62. The van der Waals surface area contributed by atoms with Crippen molar-refractivity contribution in [3.63, 3.8) is 0 Å². The number of rotatable bonds is 5. The van der Waals surface area contributed by atoms with E-state index >= 15 is 0 Å². The zero-order chi connectivity index (χ0) is 14.7. The first-order valence-electron chi connectivity index (χ1n) is 6.51. The molecule has 0 radical (unpaired) electrons. The third-order valence-electron chi connectivity index (χ3n) is 2.98. The molecular weight excluding hydrogens is 290 g/mol. The van der Waals surface area contributed by atoms with E-state index in [1.54, 1.807) is 7.11 Å². The number of fused-ring (bicyclic) bond motifs is 1. The fourth-order valence-electron chi connectivity index (χ4n) is 1.98. The summed E-state index contributed by atoms with van der Waals surface area (Å²) in [6.45, 7) is 0.927. The normalized spacial score (nSPS) is 11.0. The first-order chi connectivity index (χ1) is 10.3. The molecule has 0 saturated carbocycles. The molecule has 0 unspecified atom stereocenters. The highest BCUT2D eigenvalue weighted by atomic mass is 35.5. The van der Waals surface area contributed by atoms with Gasteiger partial charge in [0.1, 0.15) is 6.61 Å². The Bertz CT molecular complexity index is 743. The Morgan fingerprint density at radius 2 is 1.95 bits per heavy atom. The Morgan fingerprint density at radius 1 is 1.14 bits per heavy atom. The number of hydrogen-bond donors (Lipinski definition) is 1. The van der Waals surface area contributed by atoms with Crippen molar-refractivity contribution in [2.45, 2.75) is 0 Å². The minimum absolute atomic E-state index is 0.413. The lowest BCUT2D eigenvalue weighted by Crippen LogP contribution is -2.04. The van der Waals surface area contributed by atoms with E-state index in [1.807, 2.05) is 36.4 Å². The van der Waals surface area contributed by atoms with Crippen LogP contribution in [0.3, 0.4) is 0 Å². The SMILES string of the molecule is COCCOc1nc2nc(-c3ccccc3)c(Cl)cc2[nH]1. The molecule has 6 heteroatoms. The van der Waals surface area contributed by atoms with Gasteiger partial charge in [0, 0.05) is 12.7 Å². The Kier molecular flexibility index (Phi) is 4.03. The highest BCUT2D eigenvalue weighted by Crippen LogP contribution is 2.29. The van der Waals surface area contributed by atoms with Gasteiger partial charge in [0.05, 0.1) is 22.8 Å². The number of H-pyrrole nitrogens is 1. The zero-order valence-electron chi connectivity index (χ0n) is 11.5. The van der Waals surface area contributed by atoms with Crippen LogP contribution < -0.4 is 4.74 Å². The highest BCUT2D eigenvalue weighted by molar-refractivity contribution is 6.33. The van der Waals surface area contributed by atoms with Crippen molar-refractivity contribution in [2.75, 3.05) is 20.3 Å². The van der Waals surface area contributed by atoms with E-state index in [0.717, 1.165) is 11.1 Å². The van der Waals surface area contributed by atoms with E-state index in [4.69, 9.17) is 21.1 Å². The molecule has 3 aromatic rings. The molecule has 0 fully saturated rings. The number of nitrogens with one attached hydrogen (secondary N) is 1. The number of imidazole rings is 1. The summed E-state index contributed by atoms with van der Waals surface area (Å²) in [5, 5.41) is 0.570. The number of aromatic amines is 1. The Morgan fingerprint density at radius 3 is 2.71 bits per heavy atom. The molecule has 0 spiro atoms. The number of nitrogens with zero attached hydrogens (tertiary/aromatic N) is 2. The van der Waals surface area contributed by atoms with Crippen molar-refractivity contribution in [3.05, 3.63) is 41.4 Å². The molecule has 0 aliphatic carbocycles. The summed E-state index contributed by atoms with van der Waals surface area (Å²) in [6, 6.07) is 12.0. The highest BCUT2D eigenvalue weighted by Gasteiger charge is 2.11. The quantitative estimate of drug-likeness (QED) is 0.735. The van der Waals surface area contributed by atoms with Gasteiger partial charge in [-0.3, -0.25) is 0 Å². The molecule has 3 rings (SSSR count). The molecule has 0 saturated heterocycles. The van der Waals surface area contributed by atoms with Crippen molar-refractivity contribution in [3.8, 4) is 17.3 Å². The molecule has 5 nitrogen and oxygen atoms in total. The second-order valence-electron chi connectivity index (χ2n) is 4.44. The largest absolute Gasteiger partial charge is 0.462 e. The van der Waals surface area contributed by atoms with Crippen LogP contribution in [0.1, 0.15) is 0 Å². The monoisotopic (exact) mass is 303 g/mol. The molecule has 0 atom stereocenters. The number of methoxy groups -OCH3 is 1. The second-order valence-corrected chi connectivity index (χ2v) is 4.85. The van der Waals surface area contributed by atoms with Crippen molar-refractivity contribution in [1.82, 2.24) is 15.0 Å². The molecule has 2 aromatic heterocycles. The van der Waals surface area contributed by atoms with E-state index in [0.29, 0.717) is 35.6 Å². The number of aromatic nitrogens is 3. The van der Waals surface area contributed by atoms with Gasteiger partial charge in [0.25, 0.3) is 6.01 Å². The summed E-state index contributed by atoms with van der Waals surface area (Å²) in [6.07, 6.45) is 0. The average Bonchev–Trinajstić information content (AvgIpc) is 2.89. The van der Waals surface area contributed by atoms with Crippen LogP contribution >= 0.6 is 11.6 Å². The van der Waals surface area contributed by atoms with Gasteiger partial charge in [-0.15, -0.1) is 0 Å². The van der Waals surface area contributed by atoms with Gasteiger partial charge in [-0.05, 0) is 6.07 Å². The zero-order valence-corrected chi connectivity index (χ0v) is 12.2. The van der Waals surface area contributed by atoms with Gasteiger partial charge < -0.3 is 14.5 Å². The predicted octanol–water partition coefficient (Wildman–Crippen LogP) is 3.30. The van der Waals surface area contributed by atoms with Gasteiger partial charge in [0.15, 0.2) is 5.65 Å². The standard InChI is InChI=1S/C15H14ClN3O2/c1-20-7-8-21-15-17-12-9-11(16)13(18-14(12)19-15)10-5-3-2-4-6-10/h2-6,9H,7-8H2,1H3,(H,17,18,19). The summed E-state index contributed by atoms with van der Waals surface area (Å²) in [4.78, 5) is 11.9. The lowest BCUT2D eigenvalue weighted by Gasteiger charge is -2.02. The first-order valence-corrected chi connectivity index (χ1v) is 6.89. The van der Waals surface area contributed by atoms with Crippen LogP contribution in [0, 0.1) is 0 Å². The molecule has 2 heterocycles. The van der Waals surface area contributed by atoms with Crippen molar-refractivity contribution < 1.29 is 9.47 Å². The number of hydrogen-bond acceptors (Lipinski definition) is 4. The smallest absolute Gasteiger partial charge is 0.296 e. The molecule has 1 N–H and O–H groups in total. The lowest BCUT2D eigenvalue weighted by molar-refractivity contribution is 0.141. The van der Waals surface area contributed by atoms with Gasteiger partial charge >= 0.3 is 0 Å². The van der Waals surface area contributed by atoms with Crippen LogP contribution in [0.5, 0.6) is 6.01 Å². The molecule has 21 heavy (non-hydrogen) atoms. The van der Waals surface area contributed by atoms with E-state index in [2.05, 4.69) is 15.0 Å². The van der Waals surface area contributed by atoms with Gasteiger partial charge in [-0.1, -0.05) is 41.9 Å². The number of pyridine rings is 1. The van der Waals surface area contributed by atoms with Crippen LogP contribution in [0.15, 0.2) is 36.4 Å². The maximum Gasteiger partial charge on any atom is 0.296 e. The summed E-state index contributed by atoms with van der Waals surface area (Å²) >= 11 is 6.30. The topological polar surface area (TPSA) is 60.0 Å². The molecule has 0 bridgehead atoms. The maximum atomic E-state index is 6.30. The van der Waals surface area contributed by atoms with Gasteiger partial charge in [-0.25, -0.2) is 4.98 Å². The Labute approximate surface area is 126 Å². The molecule has 1 aromatic carbocycles. The van der Waals surface area contributed by atoms with Crippen LogP contribution in [0.2, 0.25) is 5.02 Å². The molecule has 0 aliphatic rings. The average molecular weight is 304 g/mol. The van der Waals surface area contributed by atoms with Crippen molar-refractivity contribution in [1.29, 1.82) is 0 Å². The van der Waals surface area contributed by atoms with E-state index in [-0.39, 0.29) is 0 Å². The fourth-order valence-corrected chi connectivity index (χ4v) is 2.24. The van der Waals surface area contributed by atoms with Crippen LogP contribution in [-0.2, 0) is 4.74 Å².